The Morgan fingerprint density at radius 3 is 2.47 bits per heavy atom. The molecule has 1 heterocycles. The van der Waals surface area contributed by atoms with Crippen LogP contribution in [0, 0.1) is 5.92 Å². The molecular formula is C29H32ClNO5. The highest BCUT2D eigenvalue weighted by Gasteiger charge is 2.41. The Kier molecular flexibility index (Phi) is 7.74. The molecule has 0 amide bonds. The van der Waals surface area contributed by atoms with Gasteiger partial charge < -0.3 is 19.5 Å². The molecule has 1 N–H and O–H groups in total. The normalized spacial score (nSPS) is 19.7. The van der Waals surface area contributed by atoms with Crippen LogP contribution >= 0.6 is 11.6 Å². The minimum Gasteiger partial charge on any atom is -0.493 e. The Hall–Kier alpha value is -3.25. The number of benzene rings is 2. The van der Waals surface area contributed by atoms with Gasteiger partial charge >= 0.3 is 5.97 Å². The summed E-state index contributed by atoms with van der Waals surface area (Å²) in [7, 11) is 3.19. The Morgan fingerprint density at radius 1 is 1.06 bits per heavy atom. The lowest BCUT2D eigenvalue weighted by Crippen LogP contribution is -2.36. The van der Waals surface area contributed by atoms with Crippen molar-refractivity contribution in [2.24, 2.45) is 5.92 Å². The van der Waals surface area contributed by atoms with Gasteiger partial charge in [-0.2, -0.15) is 0 Å². The molecule has 190 valence electrons. The van der Waals surface area contributed by atoms with E-state index in [9.17, 15) is 9.59 Å². The monoisotopic (exact) mass is 509 g/mol. The number of Topliss-reactive ketones (excluding diaryl/α,β-unsaturated/α-hetero) is 1. The molecule has 0 spiro atoms. The number of hydrogen-bond acceptors (Lipinski definition) is 6. The first-order valence-corrected chi connectivity index (χ1v) is 12.5. The van der Waals surface area contributed by atoms with Crippen LogP contribution in [0.2, 0.25) is 5.02 Å². The first kappa shape index (κ1) is 25.8. The summed E-state index contributed by atoms with van der Waals surface area (Å²) in [6.07, 6.45) is 0.944. The molecule has 0 saturated carbocycles. The van der Waals surface area contributed by atoms with Crippen molar-refractivity contribution in [3.05, 3.63) is 81.2 Å². The zero-order valence-electron chi connectivity index (χ0n) is 21.3. The molecule has 0 bridgehead atoms. The number of ketones is 1. The number of esters is 1. The summed E-state index contributed by atoms with van der Waals surface area (Å²) in [5.41, 5.74) is 4.37. The van der Waals surface area contributed by atoms with Crippen molar-refractivity contribution in [1.82, 2.24) is 5.32 Å². The summed E-state index contributed by atoms with van der Waals surface area (Å²) in [6, 6.07) is 13.1. The number of hydrogen-bond donors (Lipinski definition) is 1. The first-order valence-electron chi connectivity index (χ1n) is 12.1. The average molecular weight is 510 g/mol. The SMILES string of the molecule is COc1ccc([C@H]2CC(=O)C3=C(C2)NC(C)=C(C(=O)OCC(C)C)[C@H]3c2cccc(Cl)c2)cc1OC. The molecule has 2 aromatic carbocycles. The standard InChI is InChI=1S/C29H32ClNO5/c1-16(2)15-36-29(33)26-17(3)31-22-12-20(18-9-10-24(34-4)25(14-18)35-5)13-23(32)28(22)27(26)19-7-6-8-21(30)11-19/h6-11,14,16,20,27,31H,12-13,15H2,1-5H3/t20-,27-/m1/s1. The van der Waals surface area contributed by atoms with Gasteiger partial charge in [0.05, 0.1) is 26.4 Å². The van der Waals surface area contributed by atoms with Gasteiger partial charge in [-0.15, -0.1) is 0 Å². The van der Waals surface area contributed by atoms with Crippen LogP contribution in [0.4, 0.5) is 0 Å². The van der Waals surface area contributed by atoms with Crippen LogP contribution < -0.4 is 14.8 Å². The van der Waals surface area contributed by atoms with Crippen molar-refractivity contribution in [1.29, 1.82) is 0 Å². The zero-order valence-corrected chi connectivity index (χ0v) is 22.1. The first-order chi connectivity index (χ1) is 17.2. The van der Waals surface area contributed by atoms with Crippen molar-refractivity contribution in [3.63, 3.8) is 0 Å². The molecular weight excluding hydrogens is 478 g/mol. The molecule has 0 fully saturated rings. The Labute approximate surface area is 217 Å². The topological polar surface area (TPSA) is 73.9 Å². The van der Waals surface area contributed by atoms with Gasteiger partial charge in [0, 0.05) is 34.3 Å². The summed E-state index contributed by atoms with van der Waals surface area (Å²) in [5.74, 6) is 0.467. The van der Waals surface area contributed by atoms with E-state index in [1.165, 1.54) is 0 Å². The van der Waals surface area contributed by atoms with Crippen molar-refractivity contribution in [2.45, 2.75) is 45.4 Å². The van der Waals surface area contributed by atoms with Crippen molar-refractivity contribution < 1.29 is 23.8 Å². The maximum absolute atomic E-state index is 13.7. The van der Waals surface area contributed by atoms with Crippen LogP contribution in [-0.4, -0.2) is 32.6 Å². The molecule has 6 nitrogen and oxygen atoms in total. The third kappa shape index (κ3) is 5.14. The van der Waals surface area contributed by atoms with Crippen molar-refractivity contribution >= 4 is 23.4 Å². The van der Waals surface area contributed by atoms with Crippen LogP contribution in [0.3, 0.4) is 0 Å². The molecule has 4 rings (SSSR count). The van der Waals surface area contributed by atoms with E-state index >= 15 is 0 Å². The van der Waals surface area contributed by atoms with Crippen LogP contribution in [-0.2, 0) is 14.3 Å². The molecule has 0 saturated heterocycles. The number of halogens is 1. The van der Waals surface area contributed by atoms with Crippen molar-refractivity contribution in [3.8, 4) is 11.5 Å². The van der Waals surface area contributed by atoms with E-state index in [0.717, 1.165) is 16.8 Å². The molecule has 2 atom stereocenters. The smallest absolute Gasteiger partial charge is 0.336 e. The Balaban J connectivity index is 1.75. The minimum absolute atomic E-state index is 0.00447. The fourth-order valence-electron chi connectivity index (χ4n) is 4.99. The van der Waals surface area contributed by atoms with Gasteiger partial charge in [0.25, 0.3) is 0 Å². The predicted molar refractivity (Wildman–Crippen MR) is 139 cm³/mol. The largest absolute Gasteiger partial charge is 0.493 e. The average Bonchev–Trinajstić information content (AvgIpc) is 2.85. The molecule has 1 aliphatic carbocycles. The van der Waals surface area contributed by atoms with Crippen molar-refractivity contribution in [2.75, 3.05) is 20.8 Å². The number of carbonyl (C=O) groups excluding carboxylic acids is 2. The van der Waals surface area contributed by atoms with E-state index in [-0.39, 0.29) is 17.6 Å². The number of dihydropyridines is 1. The fraction of sp³-hybridized carbons (Fsp3) is 0.379. The Bertz CT molecular complexity index is 1250. The second kappa shape index (κ2) is 10.8. The highest BCUT2D eigenvalue weighted by Crippen LogP contribution is 2.46. The summed E-state index contributed by atoms with van der Waals surface area (Å²) in [4.78, 5) is 27.0. The third-order valence-electron chi connectivity index (χ3n) is 6.66. The number of rotatable bonds is 7. The van der Waals surface area contributed by atoms with E-state index in [0.29, 0.717) is 52.8 Å². The van der Waals surface area contributed by atoms with E-state index < -0.39 is 11.9 Å². The molecule has 7 heteroatoms. The lowest BCUT2D eigenvalue weighted by atomic mass is 9.71. The maximum Gasteiger partial charge on any atom is 0.336 e. The van der Waals surface area contributed by atoms with Crippen LogP contribution in [0.5, 0.6) is 11.5 Å². The Morgan fingerprint density at radius 2 is 1.81 bits per heavy atom. The summed E-state index contributed by atoms with van der Waals surface area (Å²) in [6.45, 7) is 6.14. The fourth-order valence-corrected chi connectivity index (χ4v) is 5.19. The molecule has 0 aromatic heterocycles. The maximum atomic E-state index is 13.7. The third-order valence-corrected chi connectivity index (χ3v) is 6.89. The quantitative estimate of drug-likeness (QED) is 0.467. The number of carbonyl (C=O) groups is 2. The molecule has 2 aliphatic rings. The summed E-state index contributed by atoms with van der Waals surface area (Å²) >= 11 is 6.33. The molecule has 1 aliphatic heterocycles. The van der Waals surface area contributed by atoms with Gasteiger partial charge in [-0.05, 0) is 60.6 Å². The van der Waals surface area contributed by atoms with Crippen LogP contribution in [0.1, 0.15) is 56.6 Å². The van der Waals surface area contributed by atoms with Crippen LogP contribution in [0.25, 0.3) is 0 Å². The molecule has 0 unspecified atom stereocenters. The number of nitrogens with one attached hydrogen (secondary N) is 1. The molecule has 0 radical (unpaired) electrons. The highest BCUT2D eigenvalue weighted by molar-refractivity contribution is 6.30. The second-order valence-electron chi connectivity index (χ2n) is 9.68. The lowest BCUT2D eigenvalue weighted by Gasteiger charge is -2.37. The number of allylic oxidation sites excluding steroid dienone is 3. The van der Waals surface area contributed by atoms with E-state index in [4.69, 9.17) is 25.8 Å². The zero-order chi connectivity index (χ0) is 26.0. The number of methoxy groups -OCH3 is 2. The summed E-state index contributed by atoms with van der Waals surface area (Å²) in [5, 5.41) is 3.93. The van der Waals surface area contributed by atoms with E-state index in [1.54, 1.807) is 20.3 Å². The summed E-state index contributed by atoms with van der Waals surface area (Å²) < 4.78 is 16.5. The van der Waals surface area contributed by atoms with E-state index in [1.807, 2.05) is 57.2 Å². The molecule has 36 heavy (non-hydrogen) atoms. The number of ether oxygens (including phenoxy) is 3. The van der Waals surface area contributed by atoms with Gasteiger partial charge in [0.1, 0.15) is 0 Å². The van der Waals surface area contributed by atoms with Gasteiger partial charge in [0.15, 0.2) is 17.3 Å². The van der Waals surface area contributed by atoms with Gasteiger partial charge in [-0.25, -0.2) is 4.79 Å². The van der Waals surface area contributed by atoms with Gasteiger partial charge in [-0.3, -0.25) is 4.79 Å². The highest BCUT2D eigenvalue weighted by atomic mass is 35.5. The lowest BCUT2D eigenvalue weighted by molar-refractivity contribution is -0.140. The minimum atomic E-state index is -0.543. The predicted octanol–water partition coefficient (Wildman–Crippen LogP) is 5.92. The second-order valence-corrected chi connectivity index (χ2v) is 10.1. The van der Waals surface area contributed by atoms with Gasteiger partial charge in [-0.1, -0.05) is 43.6 Å². The van der Waals surface area contributed by atoms with E-state index in [2.05, 4.69) is 5.32 Å². The van der Waals surface area contributed by atoms with Gasteiger partial charge in [0.2, 0.25) is 0 Å². The molecule has 2 aromatic rings. The van der Waals surface area contributed by atoms with Crippen LogP contribution in [0.15, 0.2) is 65.0 Å².